The van der Waals surface area contributed by atoms with Gasteiger partial charge in [-0.15, -0.1) is 0 Å². The second kappa shape index (κ2) is 11.1. The minimum Gasteiger partial charge on any atom is -0.373 e. The number of aliphatic hydroxyl groups excluding tert-OH is 1. The molecule has 0 saturated carbocycles. The minimum atomic E-state index is -4.56. The van der Waals surface area contributed by atoms with E-state index < -0.39 is 29.9 Å². The number of benzene rings is 1. The second-order valence-electron chi connectivity index (χ2n) is 8.17. The number of aliphatic hydroxyl groups is 1. The van der Waals surface area contributed by atoms with Crippen LogP contribution in [0, 0.1) is 6.92 Å². The molecule has 0 spiro atoms. The summed E-state index contributed by atoms with van der Waals surface area (Å²) in [5.41, 5.74) is 0.127. The van der Waals surface area contributed by atoms with Gasteiger partial charge in [0.25, 0.3) is 5.91 Å². The third kappa shape index (κ3) is 6.25. The van der Waals surface area contributed by atoms with Gasteiger partial charge >= 0.3 is 6.18 Å². The Labute approximate surface area is 219 Å². The molecule has 38 heavy (non-hydrogen) atoms. The summed E-state index contributed by atoms with van der Waals surface area (Å²) in [5.74, 6) is -0.762. The number of amides is 1. The monoisotopic (exact) mass is 547 g/mol. The van der Waals surface area contributed by atoms with Crippen LogP contribution in [0.2, 0.25) is 5.02 Å². The summed E-state index contributed by atoms with van der Waals surface area (Å²) in [6.45, 7) is 2.97. The standard InChI is InChI=1S/C24H21ClF3N7O3/c1-12-3-4-15(9-16(12)24(26,27)28)34-22(36)18-10-17(35-38-18)13(2)32-23(37)20-19(25)21(31-11-30-20)33-14-5-7-29-8-6-14/h3-11,13,23,32,37H,1-2H3,(H,34,36)(H,29,30,31,33)/t13-,23?/m1/s1. The first kappa shape index (κ1) is 27.0. The van der Waals surface area contributed by atoms with Gasteiger partial charge in [-0.2, -0.15) is 13.2 Å². The molecule has 0 bridgehead atoms. The Bertz CT molecular complexity index is 1430. The van der Waals surface area contributed by atoms with Gasteiger partial charge in [0, 0.05) is 29.8 Å². The summed E-state index contributed by atoms with van der Waals surface area (Å²) >= 11 is 6.39. The van der Waals surface area contributed by atoms with E-state index in [1.165, 1.54) is 31.5 Å². The third-order valence-corrected chi connectivity index (χ3v) is 5.80. The number of rotatable bonds is 8. The molecule has 0 aliphatic heterocycles. The maximum Gasteiger partial charge on any atom is 0.416 e. The molecule has 0 aliphatic rings. The van der Waals surface area contributed by atoms with E-state index in [2.05, 4.69) is 36.1 Å². The first-order valence-corrected chi connectivity index (χ1v) is 11.5. The molecule has 0 radical (unpaired) electrons. The average Bonchev–Trinajstić information content (AvgIpc) is 3.37. The molecule has 0 fully saturated rings. The van der Waals surface area contributed by atoms with Crippen molar-refractivity contribution in [2.24, 2.45) is 0 Å². The number of nitrogens with zero attached hydrogens (tertiary/aromatic N) is 4. The van der Waals surface area contributed by atoms with Crippen molar-refractivity contribution in [3.63, 3.8) is 0 Å². The average molecular weight is 548 g/mol. The van der Waals surface area contributed by atoms with Crippen LogP contribution >= 0.6 is 11.6 Å². The highest BCUT2D eigenvalue weighted by atomic mass is 35.5. The lowest BCUT2D eigenvalue weighted by molar-refractivity contribution is -0.138. The zero-order valence-corrected chi connectivity index (χ0v) is 20.7. The Kier molecular flexibility index (Phi) is 7.90. The molecular weight excluding hydrogens is 527 g/mol. The lowest BCUT2D eigenvalue weighted by Crippen LogP contribution is -2.26. The maximum absolute atomic E-state index is 13.2. The normalized spacial score (nSPS) is 13.1. The molecule has 0 saturated heterocycles. The van der Waals surface area contributed by atoms with Gasteiger partial charge in [-0.25, -0.2) is 9.97 Å². The Morgan fingerprint density at radius 1 is 1.11 bits per heavy atom. The molecular formula is C24H21ClF3N7O3. The Morgan fingerprint density at radius 3 is 2.55 bits per heavy atom. The van der Waals surface area contributed by atoms with Crippen LogP contribution in [0.1, 0.15) is 52.3 Å². The minimum absolute atomic E-state index is 0.0277. The van der Waals surface area contributed by atoms with Crippen molar-refractivity contribution in [1.82, 2.24) is 25.4 Å². The maximum atomic E-state index is 13.2. The lowest BCUT2D eigenvalue weighted by atomic mass is 10.1. The highest BCUT2D eigenvalue weighted by Gasteiger charge is 2.32. The molecule has 198 valence electrons. The summed E-state index contributed by atoms with van der Waals surface area (Å²) in [5, 5.41) is 22.8. The van der Waals surface area contributed by atoms with E-state index in [0.29, 0.717) is 5.69 Å². The van der Waals surface area contributed by atoms with Crippen molar-refractivity contribution in [2.75, 3.05) is 10.6 Å². The quantitative estimate of drug-likeness (QED) is 0.220. The zero-order chi connectivity index (χ0) is 27.4. The SMILES string of the molecule is Cc1ccc(NC(=O)c2cc([C@@H](C)NC(O)c3ncnc(Nc4ccncc4)c3Cl)no2)cc1C(F)(F)F. The first-order chi connectivity index (χ1) is 18.0. The van der Waals surface area contributed by atoms with E-state index in [4.69, 9.17) is 16.1 Å². The van der Waals surface area contributed by atoms with E-state index >= 15 is 0 Å². The molecule has 4 aromatic rings. The highest BCUT2D eigenvalue weighted by Crippen LogP contribution is 2.34. The Balaban J connectivity index is 1.42. The van der Waals surface area contributed by atoms with E-state index in [1.807, 2.05) is 0 Å². The predicted molar refractivity (Wildman–Crippen MR) is 132 cm³/mol. The van der Waals surface area contributed by atoms with Gasteiger partial charge in [0.05, 0.1) is 11.6 Å². The Hall–Kier alpha value is -4.07. The summed E-state index contributed by atoms with van der Waals surface area (Å²) in [6, 6.07) is 7.53. The number of aromatic nitrogens is 4. The lowest BCUT2D eigenvalue weighted by Gasteiger charge is -2.18. The van der Waals surface area contributed by atoms with Crippen LogP contribution in [-0.4, -0.2) is 31.1 Å². The molecule has 0 aliphatic carbocycles. The van der Waals surface area contributed by atoms with Crippen molar-refractivity contribution < 1.29 is 27.6 Å². The largest absolute Gasteiger partial charge is 0.416 e. The van der Waals surface area contributed by atoms with Crippen molar-refractivity contribution in [2.45, 2.75) is 32.3 Å². The van der Waals surface area contributed by atoms with Gasteiger partial charge in [-0.1, -0.05) is 22.8 Å². The van der Waals surface area contributed by atoms with E-state index in [0.717, 1.165) is 6.07 Å². The van der Waals surface area contributed by atoms with E-state index in [9.17, 15) is 23.1 Å². The molecule has 1 amide bonds. The number of carbonyl (C=O) groups is 1. The van der Waals surface area contributed by atoms with Gasteiger partial charge < -0.3 is 20.3 Å². The fourth-order valence-electron chi connectivity index (χ4n) is 3.43. The van der Waals surface area contributed by atoms with Crippen molar-refractivity contribution in [3.8, 4) is 0 Å². The molecule has 10 nitrogen and oxygen atoms in total. The summed E-state index contributed by atoms with van der Waals surface area (Å²) in [7, 11) is 0. The summed E-state index contributed by atoms with van der Waals surface area (Å²) < 4.78 is 44.6. The first-order valence-electron chi connectivity index (χ1n) is 11.1. The smallest absolute Gasteiger partial charge is 0.373 e. The number of anilines is 3. The highest BCUT2D eigenvalue weighted by molar-refractivity contribution is 6.33. The molecule has 14 heteroatoms. The van der Waals surface area contributed by atoms with Crippen LogP contribution in [0.15, 0.2) is 59.6 Å². The van der Waals surface area contributed by atoms with Crippen LogP contribution in [0.4, 0.5) is 30.4 Å². The number of pyridine rings is 1. The molecule has 4 rings (SSSR count). The molecule has 1 aromatic carbocycles. The van der Waals surface area contributed by atoms with E-state index in [-0.39, 0.29) is 39.2 Å². The topological polar surface area (TPSA) is 138 Å². The van der Waals surface area contributed by atoms with Crippen molar-refractivity contribution >= 4 is 34.7 Å². The van der Waals surface area contributed by atoms with Crippen LogP contribution in [0.25, 0.3) is 0 Å². The molecule has 3 aromatic heterocycles. The molecule has 1 unspecified atom stereocenters. The molecule has 4 N–H and O–H groups in total. The van der Waals surface area contributed by atoms with Crippen molar-refractivity contribution in [1.29, 1.82) is 0 Å². The number of aryl methyl sites for hydroxylation is 1. The summed E-state index contributed by atoms with van der Waals surface area (Å²) in [4.78, 5) is 24.6. The number of nitrogens with one attached hydrogen (secondary N) is 3. The van der Waals surface area contributed by atoms with Crippen molar-refractivity contribution in [3.05, 3.63) is 88.4 Å². The third-order valence-electron chi connectivity index (χ3n) is 5.42. The van der Waals surface area contributed by atoms with Crippen LogP contribution < -0.4 is 16.0 Å². The number of hydrogen-bond acceptors (Lipinski definition) is 9. The fraction of sp³-hybridized carbons (Fsp3) is 0.208. The predicted octanol–water partition coefficient (Wildman–Crippen LogP) is 5.18. The van der Waals surface area contributed by atoms with Crippen LogP contribution in [0.3, 0.4) is 0 Å². The van der Waals surface area contributed by atoms with Gasteiger partial charge in [0.2, 0.25) is 5.76 Å². The zero-order valence-electron chi connectivity index (χ0n) is 19.9. The van der Waals surface area contributed by atoms with Crippen LogP contribution in [0.5, 0.6) is 0 Å². The van der Waals surface area contributed by atoms with Gasteiger partial charge in [0.15, 0.2) is 5.82 Å². The number of hydrogen-bond donors (Lipinski definition) is 4. The molecule has 3 heterocycles. The van der Waals surface area contributed by atoms with Gasteiger partial charge in [-0.3, -0.25) is 15.1 Å². The van der Waals surface area contributed by atoms with Gasteiger partial charge in [0.1, 0.15) is 29.0 Å². The number of carbonyl (C=O) groups excluding carboxylic acids is 1. The number of alkyl halides is 3. The Morgan fingerprint density at radius 2 is 1.84 bits per heavy atom. The molecule has 2 atom stereocenters. The fourth-order valence-corrected chi connectivity index (χ4v) is 3.68. The van der Waals surface area contributed by atoms with E-state index in [1.54, 1.807) is 31.5 Å². The summed E-state index contributed by atoms with van der Waals surface area (Å²) in [6.07, 6.45) is -1.50. The van der Waals surface area contributed by atoms with Gasteiger partial charge in [-0.05, 0) is 43.7 Å². The van der Waals surface area contributed by atoms with Crippen LogP contribution in [-0.2, 0) is 6.18 Å². The number of halogens is 4. The second-order valence-corrected chi connectivity index (χ2v) is 8.55.